The van der Waals surface area contributed by atoms with Gasteiger partial charge in [0.05, 0.1) is 29.5 Å². The molecule has 5 rings (SSSR count). The maximum atomic E-state index is 14.1. The van der Waals surface area contributed by atoms with E-state index in [-0.39, 0.29) is 24.7 Å². The van der Waals surface area contributed by atoms with Gasteiger partial charge in [0.1, 0.15) is 0 Å². The zero-order chi connectivity index (χ0) is 26.8. The van der Waals surface area contributed by atoms with Crippen LogP contribution in [0.3, 0.4) is 0 Å². The lowest BCUT2D eigenvalue weighted by molar-refractivity contribution is -0.145. The van der Waals surface area contributed by atoms with Gasteiger partial charge in [-0.15, -0.1) is 0 Å². The molecule has 0 spiro atoms. The summed E-state index contributed by atoms with van der Waals surface area (Å²) in [7, 11) is 1.75. The van der Waals surface area contributed by atoms with E-state index in [0.29, 0.717) is 24.2 Å². The Morgan fingerprint density at radius 1 is 0.816 bits per heavy atom. The topological polar surface area (TPSA) is 84.4 Å². The quantitative estimate of drug-likeness (QED) is 0.499. The smallest absolute Gasteiger partial charge is 0.329 e. The second-order valence-electron chi connectivity index (χ2n) is 9.91. The molecule has 1 unspecified atom stereocenters. The molecule has 2 aliphatic rings. The van der Waals surface area contributed by atoms with E-state index in [2.05, 4.69) is 0 Å². The molecule has 2 saturated heterocycles. The molecule has 38 heavy (non-hydrogen) atoms. The standard InChI is InChI=1S/C30H32N4O4/c1-21(22-12-6-3-7-13-22)31(2)29(37)34-25-18-19-26(34)27(28(35)36)32(20-25)30(38)33(23-14-8-4-9-15-23)24-16-10-5-11-17-24/h3-17,21,25-27H,18-20H2,1-2H3,(H,35,36)/t21-,25?,26+,27-/m0/s1. The first kappa shape index (κ1) is 25.3. The molecule has 4 atom stereocenters. The highest BCUT2D eigenvalue weighted by Crippen LogP contribution is 2.38. The van der Waals surface area contributed by atoms with Gasteiger partial charge in [-0.05, 0) is 49.6 Å². The molecule has 2 heterocycles. The monoisotopic (exact) mass is 512 g/mol. The highest BCUT2D eigenvalue weighted by molar-refractivity contribution is 6.01. The van der Waals surface area contributed by atoms with E-state index >= 15 is 0 Å². The molecule has 8 nitrogen and oxygen atoms in total. The van der Waals surface area contributed by atoms with Crippen molar-refractivity contribution in [1.82, 2.24) is 14.7 Å². The molecule has 196 valence electrons. The summed E-state index contributed by atoms with van der Waals surface area (Å²) in [4.78, 5) is 46.9. The lowest BCUT2D eigenvalue weighted by Gasteiger charge is -2.47. The second kappa shape index (κ2) is 10.6. The molecule has 0 radical (unpaired) electrons. The van der Waals surface area contributed by atoms with Crippen LogP contribution >= 0.6 is 0 Å². The number of benzene rings is 3. The maximum absolute atomic E-state index is 14.1. The van der Waals surface area contributed by atoms with E-state index in [1.807, 2.05) is 97.9 Å². The number of amides is 4. The first-order chi connectivity index (χ1) is 18.4. The number of hydrogen-bond donors (Lipinski definition) is 1. The van der Waals surface area contributed by atoms with Gasteiger partial charge in [0.25, 0.3) is 0 Å². The molecule has 0 saturated carbocycles. The van der Waals surface area contributed by atoms with Crippen LogP contribution < -0.4 is 4.90 Å². The summed E-state index contributed by atoms with van der Waals surface area (Å²) >= 11 is 0. The summed E-state index contributed by atoms with van der Waals surface area (Å²) in [6, 6.07) is 25.3. The third-order valence-electron chi connectivity index (χ3n) is 7.76. The normalized spacial score (nSPS) is 21.1. The van der Waals surface area contributed by atoms with Crippen LogP contribution in [0.25, 0.3) is 0 Å². The van der Waals surface area contributed by atoms with E-state index in [0.717, 1.165) is 5.56 Å². The Kier molecular flexibility index (Phi) is 7.05. The van der Waals surface area contributed by atoms with Crippen molar-refractivity contribution in [2.75, 3.05) is 18.5 Å². The van der Waals surface area contributed by atoms with Gasteiger partial charge in [-0.25, -0.2) is 14.4 Å². The number of rotatable bonds is 5. The number of carboxylic acid groups (broad SMARTS) is 1. The molecule has 2 bridgehead atoms. The molecule has 0 aliphatic carbocycles. The Morgan fingerprint density at radius 3 is 1.87 bits per heavy atom. The number of fused-ring (bicyclic) bond motifs is 2. The first-order valence-electron chi connectivity index (χ1n) is 12.9. The fraction of sp³-hybridized carbons (Fsp3) is 0.300. The van der Waals surface area contributed by atoms with E-state index in [1.165, 1.54) is 4.90 Å². The van der Waals surface area contributed by atoms with Gasteiger partial charge in [-0.2, -0.15) is 0 Å². The van der Waals surface area contributed by atoms with Gasteiger partial charge in [0.2, 0.25) is 0 Å². The maximum Gasteiger partial charge on any atom is 0.329 e. The van der Waals surface area contributed by atoms with Crippen molar-refractivity contribution in [1.29, 1.82) is 0 Å². The van der Waals surface area contributed by atoms with Crippen LogP contribution in [-0.4, -0.2) is 69.6 Å². The SMILES string of the molecule is C[C@@H](c1ccccc1)N(C)C(=O)N1C2CC[C@@H]1[C@@H](C(=O)O)N(C(=O)N(c1ccccc1)c1ccccc1)C2. The fourth-order valence-corrected chi connectivity index (χ4v) is 5.70. The highest BCUT2D eigenvalue weighted by Gasteiger charge is 2.54. The first-order valence-corrected chi connectivity index (χ1v) is 12.9. The second-order valence-corrected chi connectivity index (χ2v) is 9.91. The van der Waals surface area contributed by atoms with Gasteiger partial charge in [-0.1, -0.05) is 66.7 Å². The predicted octanol–water partition coefficient (Wildman–Crippen LogP) is 5.36. The number of aliphatic carboxylic acids is 1. The van der Waals surface area contributed by atoms with E-state index < -0.39 is 24.1 Å². The van der Waals surface area contributed by atoms with E-state index in [4.69, 9.17) is 0 Å². The lowest BCUT2D eigenvalue weighted by atomic mass is 10.0. The van der Waals surface area contributed by atoms with Crippen molar-refractivity contribution in [2.24, 2.45) is 0 Å². The predicted molar refractivity (Wildman–Crippen MR) is 145 cm³/mol. The molecule has 1 N–H and O–H groups in total. The van der Waals surface area contributed by atoms with Crippen molar-refractivity contribution >= 4 is 29.4 Å². The van der Waals surface area contributed by atoms with Gasteiger partial charge >= 0.3 is 18.0 Å². The fourth-order valence-electron chi connectivity index (χ4n) is 5.70. The zero-order valence-electron chi connectivity index (χ0n) is 21.6. The minimum Gasteiger partial charge on any atom is -0.480 e. The van der Waals surface area contributed by atoms with Gasteiger partial charge < -0.3 is 19.8 Å². The van der Waals surface area contributed by atoms with Crippen molar-refractivity contribution in [3.8, 4) is 0 Å². The average Bonchev–Trinajstić information content (AvgIpc) is 3.25. The zero-order valence-corrected chi connectivity index (χ0v) is 21.6. The molecule has 3 aromatic carbocycles. The summed E-state index contributed by atoms with van der Waals surface area (Å²) in [6.45, 7) is 2.11. The molecule has 2 aliphatic heterocycles. The van der Waals surface area contributed by atoms with Gasteiger partial charge in [-0.3, -0.25) is 4.90 Å². The van der Waals surface area contributed by atoms with Crippen LogP contribution in [0.15, 0.2) is 91.0 Å². The number of urea groups is 2. The van der Waals surface area contributed by atoms with Crippen LogP contribution in [-0.2, 0) is 4.79 Å². The van der Waals surface area contributed by atoms with E-state index in [1.54, 1.807) is 21.7 Å². The van der Waals surface area contributed by atoms with Crippen LogP contribution in [0.2, 0.25) is 0 Å². The Balaban J connectivity index is 1.45. The molecule has 0 aromatic heterocycles. The Hall–Kier alpha value is -4.33. The van der Waals surface area contributed by atoms with Crippen LogP contribution in [0.4, 0.5) is 21.0 Å². The summed E-state index contributed by atoms with van der Waals surface area (Å²) in [6.07, 6.45) is 1.18. The average molecular weight is 513 g/mol. The van der Waals surface area contributed by atoms with Crippen LogP contribution in [0.5, 0.6) is 0 Å². The number of hydrogen-bond acceptors (Lipinski definition) is 3. The van der Waals surface area contributed by atoms with Crippen molar-refractivity contribution in [3.63, 3.8) is 0 Å². The van der Waals surface area contributed by atoms with Crippen LogP contribution in [0.1, 0.15) is 31.4 Å². The third kappa shape index (κ3) is 4.58. The number of carboxylic acids is 1. The number of nitrogens with zero attached hydrogens (tertiary/aromatic N) is 4. The molecule has 4 amide bonds. The minimum atomic E-state index is -1.15. The molecule has 3 aromatic rings. The number of likely N-dealkylation sites (tertiary alicyclic amines) is 1. The third-order valence-corrected chi connectivity index (χ3v) is 7.76. The van der Waals surface area contributed by atoms with Gasteiger partial charge in [0, 0.05) is 13.6 Å². The molecule has 2 fully saturated rings. The Labute approximate surface area is 222 Å². The highest BCUT2D eigenvalue weighted by atomic mass is 16.4. The number of carbonyl (C=O) groups is 3. The van der Waals surface area contributed by atoms with Gasteiger partial charge in [0.15, 0.2) is 6.04 Å². The largest absolute Gasteiger partial charge is 0.480 e. The summed E-state index contributed by atoms with van der Waals surface area (Å²) in [5, 5.41) is 10.4. The Bertz CT molecular complexity index is 1250. The molecule has 8 heteroatoms. The number of carbonyl (C=O) groups excluding carboxylic acids is 2. The molecular formula is C30H32N4O4. The summed E-state index contributed by atoms with van der Waals surface area (Å²) < 4.78 is 0. The number of piperazine rings is 1. The number of para-hydroxylation sites is 2. The lowest BCUT2D eigenvalue weighted by Crippen LogP contribution is -2.67. The minimum absolute atomic E-state index is 0.155. The van der Waals surface area contributed by atoms with Crippen LogP contribution in [0, 0.1) is 0 Å². The van der Waals surface area contributed by atoms with Crippen molar-refractivity contribution in [2.45, 2.75) is 43.9 Å². The summed E-state index contributed by atoms with van der Waals surface area (Å²) in [5.41, 5.74) is 2.30. The molecular weight excluding hydrogens is 480 g/mol. The Morgan fingerprint density at radius 2 is 1.34 bits per heavy atom. The van der Waals surface area contributed by atoms with Crippen molar-refractivity contribution < 1.29 is 19.5 Å². The number of anilines is 2. The van der Waals surface area contributed by atoms with Crippen molar-refractivity contribution in [3.05, 3.63) is 96.6 Å². The van der Waals surface area contributed by atoms with E-state index in [9.17, 15) is 19.5 Å². The summed E-state index contributed by atoms with van der Waals surface area (Å²) in [5.74, 6) is -1.11.